The smallest absolute Gasteiger partial charge is 0.348 e. The molecule has 2 heterocycles. The van der Waals surface area contributed by atoms with E-state index in [1.54, 1.807) is 13.8 Å². The lowest BCUT2D eigenvalue weighted by molar-refractivity contribution is -0.148. The van der Waals surface area contributed by atoms with Gasteiger partial charge in [0.2, 0.25) is 4.87 Å². The van der Waals surface area contributed by atoms with Gasteiger partial charge in [0.15, 0.2) is 0 Å². The van der Waals surface area contributed by atoms with Gasteiger partial charge in [0.25, 0.3) is 5.56 Å². The molecule has 7 heteroatoms. The Kier molecular flexibility index (Phi) is 5.23. The highest BCUT2D eigenvalue weighted by molar-refractivity contribution is 8.02. The second kappa shape index (κ2) is 7.44. The van der Waals surface area contributed by atoms with Crippen molar-refractivity contribution in [2.24, 2.45) is 0 Å². The van der Waals surface area contributed by atoms with Crippen LogP contribution in [0.25, 0.3) is 0 Å². The zero-order valence-electron chi connectivity index (χ0n) is 15.1. The van der Waals surface area contributed by atoms with Crippen molar-refractivity contribution in [1.29, 1.82) is 0 Å². The fraction of sp³-hybridized carbons (Fsp3) is 0.250. The Bertz CT molecular complexity index is 966. The molecule has 1 unspecified atom stereocenters. The molecule has 1 aliphatic rings. The van der Waals surface area contributed by atoms with Crippen LogP contribution in [-0.2, 0) is 25.7 Å². The summed E-state index contributed by atoms with van der Waals surface area (Å²) in [6, 6.07) is 12.0. The van der Waals surface area contributed by atoms with Crippen LogP contribution in [0.4, 0.5) is 0 Å². The minimum Gasteiger partial charge on any atom is -0.463 e. The lowest BCUT2D eigenvalue weighted by atomic mass is 10.1. The van der Waals surface area contributed by atoms with Crippen molar-refractivity contribution in [2.45, 2.75) is 30.4 Å². The largest absolute Gasteiger partial charge is 0.463 e. The first-order valence-corrected chi connectivity index (χ1v) is 9.23. The van der Waals surface area contributed by atoms with E-state index in [4.69, 9.17) is 9.47 Å². The topological polar surface area (TPSA) is 74.6 Å². The number of thioether (sulfide) groups is 1. The highest BCUT2D eigenvalue weighted by Gasteiger charge is 2.54. The van der Waals surface area contributed by atoms with Crippen LogP contribution in [0.1, 0.15) is 29.8 Å². The van der Waals surface area contributed by atoms with E-state index in [0.29, 0.717) is 10.6 Å². The zero-order chi connectivity index (χ0) is 19.6. The van der Waals surface area contributed by atoms with Crippen molar-refractivity contribution < 1.29 is 19.1 Å². The predicted octanol–water partition coefficient (Wildman–Crippen LogP) is 3.10. The fourth-order valence-electron chi connectivity index (χ4n) is 2.84. The summed E-state index contributed by atoms with van der Waals surface area (Å²) in [6.45, 7) is 7.48. The molecular weight excluding hydrogens is 366 g/mol. The van der Waals surface area contributed by atoms with Gasteiger partial charge in [-0.05, 0) is 31.1 Å². The van der Waals surface area contributed by atoms with E-state index < -0.39 is 22.4 Å². The van der Waals surface area contributed by atoms with Crippen molar-refractivity contribution in [1.82, 2.24) is 4.57 Å². The maximum atomic E-state index is 12.5. The monoisotopic (exact) mass is 385 g/mol. The van der Waals surface area contributed by atoms with E-state index in [2.05, 4.69) is 6.58 Å². The average Bonchev–Trinajstić information content (AvgIpc) is 2.61. The van der Waals surface area contributed by atoms with Gasteiger partial charge in [0, 0.05) is 6.07 Å². The molecule has 1 aliphatic heterocycles. The molecule has 0 fully saturated rings. The van der Waals surface area contributed by atoms with Crippen LogP contribution >= 0.6 is 11.8 Å². The molecule has 0 spiro atoms. The van der Waals surface area contributed by atoms with Crippen LogP contribution in [-0.4, -0.2) is 23.1 Å². The first-order chi connectivity index (χ1) is 12.9. The third-order valence-electron chi connectivity index (χ3n) is 4.17. The summed E-state index contributed by atoms with van der Waals surface area (Å²) in [6.07, 6.45) is 0. The van der Waals surface area contributed by atoms with Gasteiger partial charge in [0.05, 0.1) is 17.2 Å². The van der Waals surface area contributed by atoms with Gasteiger partial charge in [-0.3, -0.25) is 9.36 Å². The number of carbonyl (C=O) groups is 2. The zero-order valence-corrected chi connectivity index (χ0v) is 15.9. The van der Waals surface area contributed by atoms with Gasteiger partial charge in [-0.1, -0.05) is 48.7 Å². The number of pyridine rings is 1. The molecule has 6 nitrogen and oxygen atoms in total. The number of benzene rings is 1. The minimum absolute atomic E-state index is 0.117. The Labute approximate surface area is 160 Å². The lowest BCUT2D eigenvalue weighted by Gasteiger charge is -2.43. The molecule has 0 N–H and O–H groups in total. The summed E-state index contributed by atoms with van der Waals surface area (Å²) in [5.41, 5.74) is 1.14. The Morgan fingerprint density at radius 1 is 1.15 bits per heavy atom. The van der Waals surface area contributed by atoms with Gasteiger partial charge in [-0.25, -0.2) is 9.59 Å². The van der Waals surface area contributed by atoms with Crippen LogP contribution in [0.2, 0.25) is 0 Å². The highest BCUT2D eigenvalue weighted by atomic mass is 32.2. The number of ether oxygens (including phenoxy) is 2. The molecule has 0 radical (unpaired) electrons. The van der Waals surface area contributed by atoms with Crippen molar-refractivity contribution in [3.63, 3.8) is 0 Å². The molecule has 2 aromatic rings. The standard InChI is InChI=1S/C20H19NO5S/c1-4-25-19(24)20(13(2)3)21-16(22)11-10-15(17(21)27-20)18(23)26-12-14-8-6-5-7-9-14/h5-11H,2,4,12H2,1,3H3. The molecule has 1 aromatic heterocycles. The second-order valence-electron chi connectivity index (χ2n) is 6.03. The molecule has 3 rings (SSSR count). The third kappa shape index (κ3) is 3.19. The summed E-state index contributed by atoms with van der Waals surface area (Å²) < 4.78 is 11.7. The van der Waals surface area contributed by atoms with Gasteiger partial charge >= 0.3 is 11.9 Å². The third-order valence-corrected chi connectivity index (χ3v) is 5.76. The first-order valence-electron chi connectivity index (χ1n) is 8.41. The average molecular weight is 385 g/mol. The fourth-order valence-corrected chi connectivity index (χ4v) is 4.15. The van der Waals surface area contributed by atoms with Crippen molar-refractivity contribution >= 4 is 23.7 Å². The Balaban J connectivity index is 1.92. The number of hydrogen-bond acceptors (Lipinski definition) is 6. The van der Waals surface area contributed by atoms with E-state index in [9.17, 15) is 14.4 Å². The van der Waals surface area contributed by atoms with Gasteiger partial charge in [0.1, 0.15) is 6.61 Å². The molecule has 0 amide bonds. The van der Waals surface area contributed by atoms with Gasteiger partial charge in [-0.2, -0.15) is 0 Å². The molecule has 140 valence electrons. The van der Waals surface area contributed by atoms with Crippen LogP contribution < -0.4 is 5.56 Å². The Morgan fingerprint density at radius 3 is 2.48 bits per heavy atom. The molecule has 0 saturated heterocycles. The number of aromatic nitrogens is 1. The second-order valence-corrected chi connectivity index (χ2v) is 7.22. The molecule has 27 heavy (non-hydrogen) atoms. The number of fused-ring (bicyclic) bond motifs is 1. The summed E-state index contributed by atoms with van der Waals surface area (Å²) in [7, 11) is 0. The molecule has 0 saturated carbocycles. The summed E-state index contributed by atoms with van der Waals surface area (Å²) in [5, 5.41) is 0.372. The van der Waals surface area contributed by atoms with E-state index in [0.717, 1.165) is 17.3 Å². The molecule has 1 atom stereocenters. The van der Waals surface area contributed by atoms with Crippen molar-refractivity contribution in [3.8, 4) is 0 Å². The quantitative estimate of drug-likeness (QED) is 0.562. The molecule has 0 bridgehead atoms. The molecular formula is C20H19NO5S. The normalized spacial score (nSPS) is 17.4. The van der Waals surface area contributed by atoms with E-state index in [-0.39, 0.29) is 18.8 Å². The summed E-state index contributed by atoms with van der Waals surface area (Å²) in [5.74, 6) is -1.14. The van der Waals surface area contributed by atoms with E-state index >= 15 is 0 Å². The van der Waals surface area contributed by atoms with Gasteiger partial charge < -0.3 is 9.47 Å². The Hall–Kier alpha value is -2.80. The predicted molar refractivity (Wildman–Crippen MR) is 102 cm³/mol. The minimum atomic E-state index is -1.35. The molecule has 1 aromatic carbocycles. The van der Waals surface area contributed by atoms with Crippen molar-refractivity contribution in [2.75, 3.05) is 6.61 Å². The van der Waals surface area contributed by atoms with Crippen LogP contribution in [0.3, 0.4) is 0 Å². The van der Waals surface area contributed by atoms with Crippen LogP contribution in [0.5, 0.6) is 0 Å². The van der Waals surface area contributed by atoms with Crippen LogP contribution in [0.15, 0.2) is 64.4 Å². The summed E-state index contributed by atoms with van der Waals surface area (Å²) >= 11 is 1.08. The highest BCUT2D eigenvalue weighted by Crippen LogP contribution is 2.53. The van der Waals surface area contributed by atoms with Gasteiger partial charge in [-0.15, -0.1) is 0 Å². The molecule has 0 aliphatic carbocycles. The van der Waals surface area contributed by atoms with Crippen LogP contribution in [0, 0.1) is 0 Å². The number of carbonyl (C=O) groups excluding carboxylic acids is 2. The summed E-state index contributed by atoms with van der Waals surface area (Å²) in [4.78, 5) is 36.1. The van der Waals surface area contributed by atoms with Crippen molar-refractivity contribution in [3.05, 3.63) is 76.1 Å². The maximum Gasteiger partial charge on any atom is 0.348 e. The lowest BCUT2D eigenvalue weighted by Crippen LogP contribution is -2.53. The number of rotatable bonds is 6. The van der Waals surface area contributed by atoms with E-state index in [1.165, 1.54) is 16.7 Å². The maximum absolute atomic E-state index is 12.5. The number of esters is 2. The first kappa shape index (κ1) is 19.0. The Morgan fingerprint density at radius 2 is 1.85 bits per heavy atom. The van der Waals surface area contributed by atoms with E-state index in [1.807, 2.05) is 30.3 Å². The number of nitrogens with zero attached hydrogens (tertiary/aromatic N) is 1. The SMILES string of the molecule is C=C(C)C1(C(=O)OCC)Sc2c(C(=O)OCc3ccccc3)ccc(=O)n21. The number of hydrogen-bond donors (Lipinski definition) is 0.